The Labute approximate surface area is 166 Å². The molecule has 28 heavy (non-hydrogen) atoms. The van der Waals surface area contributed by atoms with Gasteiger partial charge in [-0.3, -0.25) is 14.2 Å². The van der Waals surface area contributed by atoms with Crippen LogP contribution in [0.3, 0.4) is 0 Å². The van der Waals surface area contributed by atoms with Crippen LogP contribution in [0.1, 0.15) is 23.8 Å². The van der Waals surface area contributed by atoms with Crippen molar-refractivity contribution in [1.82, 2.24) is 9.13 Å². The van der Waals surface area contributed by atoms with E-state index >= 15 is 0 Å². The number of aryl methyl sites for hydroxylation is 2. The van der Waals surface area contributed by atoms with Gasteiger partial charge in [0.05, 0.1) is 38.3 Å². The van der Waals surface area contributed by atoms with Gasteiger partial charge in [-0.05, 0) is 31.7 Å². The first-order valence-corrected chi connectivity index (χ1v) is 10.8. The number of carbonyl (C=O) groups excluding carboxylic acids is 1. The highest BCUT2D eigenvalue weighted by molar-refractivity contribution is 7.18. The highest BCUT2D eigenvalue weighted by Crippen LogP contribution is 2.35. The first kappa shape index (κ1) is 19.4. The Kier molecular flexibility index (Phi) is 5.65. The Morgan fingerprint density at radius 2 is 2.00 bits per heavy atom. The Hall–Kier alpha value is -1.97. The van der Waals surface area contributed by atoms with E-state index in [9.17, 15) is 14.4 Å². The molecule has 2 aliphatic rings. The van der Waals surface area contributed by atoms with E-state index in [-0.39, 0.29) is 18.7 Å². The predicted octanol–water partition coefficient (Wildman–Crippen LogP) is -0.808. The monoisotopic (exact) mass is 408 g/mol. The number of carbonyl (C=O) groups is 1. The number of rotatable bonds is 6. The molecule has 0 radical (unpaired) electrons. The van der Waals surface area contributed by atoms with E-state index in [1.54, 1.807) is 22.8 Å². The standard InChI is InChI=1S/C19H25N3O5S/c1-2-27-15(23)12-22-17(24)16-13-4-3-5-14(13)28-18(16)21(19(22)25)7-6-20-8-10-26-11-9-20/h2-12H2,1H3/p+1. The second-order valence-electron chi connectivity index (χ2n) is 7.28. The molecule has 2 aromatic heterocycles. The van der Waals surface area contributed by atoms with E-state index in [2.05, 4.69) is 0 Å². The van der Waals surface area contributed by atoms with Gasteiger partial charge in [0.15, 0.2) is 0 Å². The maximum absolute atomic E-state index is 13.1. The second-order valence-corrected chi connectivity index (χ2v) is 8.36. The molecule has 9 heteroatoms. The maximum atomic E-state index is 13.1. The molecule has 1 N–H and O–H groups in total. The van der Waals surface area contributed by atoms with Gasteiger partial charge in [0.2, 0.25) is 0 Å². The van der Waals surface area contributed by atoms with Crippen LogP contribution < -0.4 is 16.1 Å². The molecule has 0 atom stereocenters. The largest absolute Gasteiger partial charge is 0.465 e. The van der Waals surface area contributed by atoms with E-state index in [1.165, 1.54) is 9.78 Å². The molecule has 0 unspecified atom stereocenters. The highest BCUT2D eigenvalue weighted by Gasteiger charge is 2.26. The van der Waals surface area contributed by atoms with Gasteiger partial charge in [0.1, 0.15) is 24.5 Å². The van der Waals surface area contributed by atoms with Crippen molar-refractivity contribution in [2.75, 3.05) is 39.5 Å². The third-order valence-electron chi connectivity index (χ3n) is 5.55. The third kappa shape index (κ3) is 3.54. The lowest BCUT2D eigenvalue weighted by Crippen LogP contribution is -3.14. The normalized spacial score (nSPS) is 17.2. The molecule has 0 bridgehead atoms. The Morgan fingerprint density at radius 3 is 2.75 bits per heavy atom. The number of morpholine rings is 1. The van der Waals surface area contributed by atoms with Crippen LogP contribution in [0.5, 0.6) is 0 Å². The molecule has 152 valence electrons. The summed E-state index contributed by atoms with van der Waals surface area (Å²) in [5.74, 6) is -0.557. The average molecular weight is 409 g/mol. The van der Waals surface area contributed by atoms with Crippen LogP contribution in [-0.2, 0) is 40.2 Å². The Bertz CT molecular complexity index is 1000. The lowest BCUT2D eigenvalue weighted by molar-refractivity contribution is -0.908. The number of hydrogen-bond donors (Lipinski definition) is 1. The van der Waals surface area contributed by atoms with E-state index in [0.29, 0.717) is 11.9 Å². The molecule has 1 fully saturated rings. The molecule has 8 nitrogen and oxygen atoms in total. The van der Waals surface area contributed by atoms with E-state index in [0.717, 1.165) is 67.1 Å². The van der Waals surface area contributed by atoms with Crippen LogP contribution in [0.25, 0.3) is 10.2 Å². The quantitative estimate of drug-likeness (QED) is 0.633. The van der Waals surface area contributed by atoms with Gasteiger partial charge in [-0.1, -0.05) is 0 Å². The van der Waals surface area contributed by atoms with Crippen LogP contribution in [0.15, 0.2) is 9.59 Å². The summed E-state index contributed by atoms with van der Waals surface area (Å²) in [7, 11) is 0. The van der Waals surface area contributed by atoms with Crippen LogP contribution >= 0.6 is 11.3 Å². The molecule has 0 aromatic carbocycles. The van der Waals surface area contributed by atoms with Crippen molar-refractivity contribution in [3.05, 3.63) is 31.3 Å². The van der Waals surface area contributed by atoms with Crippen molar-refractivity contribution >= 4 is 27.5 Å². The SMILES string of the molecule is CCOC(=O)Cn1c(=O)c2c3c(sc2n(CC[NH+]2CCOCC2)c1=O)CCC3. The summed E-state index contributed by atoms with van der Waals surface area (Å²) in [5, 5.41) is 0.623. The molecule has 3 heterocycles. The van der Waals surface area contributed by atoms with Crippen LogP contribution in [-0.4, -0.2) is 54.6 Å². The Balaban J connectivity index is 1.76. The summed E-state index contributed by atoms with van der Waals surface area (Å²) in [6.07, 6.45) is 2.84. The van der Waals surface area contributed by atoms with E-state index < -0.39 is 11.7 Å². The number of aromatic nitrogens is 2. The molecule has 4 rings (SSSR count). The van der Waals surface area contributed by atoms with Gasteiger partial charge in [0, 0.05) is 4.88 Å². The first-order chi connectivity index (χ1) is 13.6. The predicted molar refractivity (Wildman–Crippen MR) is 105 cm³/mol. The zero-order valence-electron chi connectivity index (χ0n) is 16.1. The van der Waals surface area contributed by atoms with Crippen LogP contribution in [0, 0.1) is 0 Å². The van der Waals surface area contributed by atoms with Gasteiger partial charge in [-0.25, -0.2) is 9.36 Å². The van der Waals surface area contributed by atoms with Crippen molar-refractivity contribution in [1.29, 1.82) is 0 Å². The fraction of sp³-hybridized carbons (Fsp3) is 0.632. The van der Waals surface area contributed by atoms with E-state index in [1.807, 2.05) is 0 Å². The van der Waals surface area contributed by atoms with Gasteiger partial charge in [-0.2, -0.15) is 0 Å². The number of hydrogen-bond acceptors (Lipinski definition) is 6. The Morgan fingerprint density at radius 1 is 1.21 bits per heavy atom. The smallest absolute Gasteiger partial charge is 0.332 e. The summed E-state index contributed by atoms with van der Waals surface area (Å²) >= 11 is 1.57. The van der Waals surface area contributed by atoms with Crippen molar-refractivity contribution in [3.63, 3.8) is 0 Å². The van der Waals surface area contributed by atoms with Gasteiger partial charge in [-0.15, -0.1) is 11.3 Å². The summed E-state index contributed by atoms with van der Waals surface area (Å²) < 4.78 is 13.1. The molecule has 0 saturated carbocycles. The number of ether oxygens (including phenoxy) is 2. The zero-order chi connectivity index (χ0) is 19.7. The summed E-state index contributed by atoms with van der Waals surface area (Å²) in [6, 6.07) is 0. The minimum Gasteiger partial charge on any atom is -0.465 e. The zero-order valence-corrected chi connectivity index (χ0v) is 16.9. The number of nitrogens with one attached hydrogen (secondary N) is 1. The van der Waals surface area contributed by atoms with Gasteiger partial charge < -0.3 is 14.4 Å². The fourth-order valence-corrected chi connectivity index (χ4v) is 5.51. The summed E-state index contributed by atoms with van der Waals surface area (Å²) in [6.45, 7) is 6.20. The fourth-order valence-electron chi connectivity index (χ4n) is 4.11. The number of thiophene rings is 1. The number of fused-ring (bicyclic) bond motifs is 3. The van der Waals surface area contributed by atoms with Crippen molar-refractivity contribution in [3.8, 4) is 0 Å². The summed E-state index contributed by atoms with van der Waals surface area (Å²) in [4.78, 5) is 41.6. The number of quaternary nitrogens is 1. The van der Waals surface area contributed by atoms with Gasteiger partial charge in [0.25, 0.3) is 5.56 Å². The third-order valence-corrected chi connectivity index (χ3v) is 6.86. The van der Waals surface area contributed by atoms with Crippen LogP contribution in [0.4, 0.5) is 0 Å². The van der Waals surface area contributed by atoms with Crippen molar-refractivity contribution in [2.45, 2.75) is 39.3 Å². The highest BCUT2D eigenvalue weighted by atomic mass is 32.1. The molecular formula is C19H26N3O5S+. The molecule has 0 spiro atoms. The van der Waals surface area contributed by atoms with E-state index in [4.69, 9.17) is 9.47 Å². The van der Waals surface area contributed by atoms with Crippen molar-refractivity contribution < 1.29 is 19.2 Å². The second kappa shape index (κ2) is 8.18. The molecule has 0 amide bonds. The molecular weight excluding hydrogens is 382 g/mol. The number of esters is 1. The van der Waals surface area contributed by atoms with Crippen molar-refractivity contribution in [2.24, 2.45) is 0 Å². The minimum absolute atomic E-state index is 0.220. The molecule has 1 aliphatic heterocycles. The topological polar surface area (TPSA) is 84.0 Å². The van der Waals surface area contributed by atoms with Crippen LogP contribution in [0.2, 0.25) is 0 Å². The van der Waals surface area contributed by atoms with Gasteiger partial charge >= 0.3 is 11.7 Å². The minimum atomic E-state index is -0.557. The molecule has 1 aliphatic carbocycles. The average Bonchev–Trinajstić information content (AvgIpc) is 3.27. The summed E-state index contributed by atoms with van der Waals surface area (Å²) in [5.41, 5.74) is 0.288. The molecule has 2 aromatic rings. The first-order valence-electron chi connectivity index (χ1n) is 9.95. The number of nitrogens with zero attached hydrogens (tertiary/aromatic N) is 2. The lowest BCUT2D eigenvalue weighted by atomic mass is 10.2. The molecule has 1 saturated heterocycles. The lowest BCUT2D eigenvalue weighted by Gasteiger charge is -2.24. The maximum Gasteiger partial charge on any atom is 0.332 e.